The van der Waals surface area contributed by atoms with E-state index in [1.807, 2.05) is 30.3 Å². The van der Waals surface area contributed by atoms with Crippen molar-refractivity contribution in [3.8, 4) is 0 Å². The maximum atomic E-state index is 13.4. The van der Waals surface area contributed by atoms with E-state index in [1.165, 1.54) is 28.6 Å². The van der Waals surface area contributed by atoms with Gasteiger partial charge < -0.3 is 4.74 Å². The van der Waals surface area contributed by atoms with Gasteiger partial charge in [-0.25, -0.2) is 8.42 Å². The van der Waals surface area contributed by atoms with Crippen LogP contribution in [-0.4, -0.2) is 36.8 Å². The molecule has 0 spiro atoms. The molecule has 0 saturated heterocycles. The van der Waals surface area contributed by atoms with Crippen LogP contribution in [-0.2, 0) is 26.1 Å². The number of benzene rings is 2. The van der Waals surface area contributed by atoms with Crippen molar-refractivity contribution in [2.45, 2.75) is 44.0 Å². The van der Waals surface area contributed by atoms with Gasteiger partial charge in [0.2, 0.25) is 10.0 Å². The molecule has 3 rings (SSSR count). The molecule has 0 atom stereocenters. The van der Waals surface area contributed by atoms with Gasteiger partial charge in [-0.05, 0) is 56.2 Å². The number of rotatable bonds is 9. The lowest BCUT2D eigenvalue weighted by Crippen LogP contribution is -2.37. The zero-order valence-electron chi connectivity index (χ0n) is 18.1. The molecule has 0 aromatic heterocycles. The molecule has 0 unspecified atom stereocenters. The van der Waals surface area contributed by atoms with Crippen LogP contribution in [0.4, 0.5) is 5.69 Å². The van der Waals surface area contributed by atoms with Crippen molar-refractivity contribution in [3.63, 3.8) is 0 Å². The molecule has 2 aromatic carbocycles. The summed E-state index contributed by atoms with van der Waals surface area (Å²) in [5.74, 6) is -0.178. The highest BCUT2D eigenvalue weighted by Gasteiger charge is 2.32. The third-order valence-corrected chi connectivity index (χ3v) is 7.64. The highest BCUT2D eigenvalue weighted by atomic mass is 32.2. The quantitative estimate of drug-likeness (QED) is 0.316. The molecule has 172 valence electrons. The molecule has 2 aromatic rings. The molecular formula is C23H28N2O6S. The second-order valence-electron chi connectivity index (χ2n) is 8.00. The maximum absolute atomic E-state index is 13.4. The van der Waals surface area contributed by atoms with Crippen molar-refractivity contribution in [1.29, 1.82) is 0 Å². The van der Waals surface area contributed by atoms with Crippen molar-refractivity contribution < 1.29 is 22.9 Å². The minimum Gasteiger partial charge on any atom is -0.466 e. The Morgan fingerprint density at radius 1 is 1.06 bits per heavy atom. The number of carbonyl (C=O) groups is 1. The third-order valence-electron chi connectivity index (χ3n) is 5.82. The number of hydrogen-bond donors (Lipinski definition) is 0. The van der Waals surface area contributed by atoms with Crippen LogP contribution in [0.2, 0.25) is 0 Å². The Kier molecular flexibility index (Phi) is 7.98. The number of carbonyl (C=O) groups excluding carboxylic acids is 1. The molecule has 0 heterocycles. The second kappa shape index (κ2) is 10.7. The summed E-state index contributed by atoms with van der Waals surface area (Å²) in [6.07, 6.45) is 2.84. The Morgan fingerprint density at radius 2 is 1.69 bits per heavy atom. The number of esters is 1. The summed E-state index contributed by atoms with van der Waals surface area (Å²) >= 11 is 0. The lowest BCUT2D eigenvalue weighted by molar-refractivity contribution is -0.384. The van der Waals surface area contributed by atoms with Crippen molar-refractivity contribution in [3.05, 3.63) is 70.3 Å². The summed E-state index contributed by atoms with van der Waals surface area (Å²) in [5.41, 5.74) is 0.703. The monoisotopic (exact) mass is 460 g/mol. The molecule has 1 saturated carbocycles. The first kappa shape index (κ1) is 23.9. The van der Waals surface area contributed by atoms with Gasteiger partial charge in [-0.2, -0.15) is 4.31 Å². The van der Waals surface area contributed by atoms with Crippen molar-refractivity contribution in [1.82, 2.24) is 4.31 Å². The number of sulfonamides is 1. The minimum atomic E-state index is -3.86. The van der Waals surface area contributed by atoms with E-state index in [4.69, 9.17) is 4.74 Å². The lowest BCUT2D eigenvalue weighted by atomic mass is 9.82. The van der Waals surface area contributed by atoms with Crippen LogP contribution in [0.25, 0.3) is 0 Å². The first-order valence-corrected chi connectivity index (χ1v) is 12.2. The molecule has 1 aliphatic carbocycles. The first-order chi connectivity index (χ1) is 15.3. The lowest BCUT2D eigenvalue weighted by Gasteiger charge is -2.31. The molecule has 0 bridgehead atoms. The molecule has 1 aliphatic rings. The van der Waals surface area contributed by atoms with Gasteiger partial charge >= 0.3 is 5.97 Å². The molecule has 0 amide bonds. The van der Waals surface area contributed by atoms with Gasteiger partial charge in [0.25, 0.3) is 5.69 Å². The van der Waals surface area contributed by atoms with Crippen molar-refractivity contribution in [2.24, 2.45) is 11.8 Å². The molecule has 0 radical (unpaired) electrons. The van der Waals surface area contributed by atoms with Gasteiger partial charge in [0.1, 0.15) is 0 Å². The second-order valence-corrected chi connectivity index (χ2v) is 9.94. The van der Waals surface area contributed by atoms with Gasteiger partial charge in [0.05, 0.1) is 22.3 Å². The fraction of sp³-hybridized carbons (Fsp3) is 0.435. The van der Waals surface area contributed by atoms with E-state index in [2.05, 4.69) is 0 Å². The third kappa shape index (κ3) is 5.92. The Hall–Kier alpha value is -2.78. The zero-order valence-corrected chi connectivity index (χ0v) is 18.9. The molecule has 1 fully saturated rings. The van der Waals surface area contributed by atoms with Crippen LogP contribution in [0.1, 0.15) is 38.2 Å². The van der Waals surface area contributed by atoms with Crippen molar-refractivity contribution in [2.75, 3.05) is 13.2 Å². The summed E-state index contributed by atoms with van der Waals surface area (Å²) < 4.78 is 33.4. The van der Waals surface area contributed by atoms with E-state index >= 15 is 0 Å². The molecule has 0 aliphatic heterocycles. The Labute approximate surface area is 188 Å². The van der Waals surface area contributed by atoms with Crippen LogP contribution in [0, 0.1) is 22.0 Å². The highest BCUT2D eigenvalue weighted by Crippen LogP contribution is 2.32. The smallest absolute Gasteiger partial charge is 0.308 e. The van der Waals surface area contributed by atoms with E-state index < -0.39 is 14.9 Å². The van der Waals surface area contributed by atoms with Gasteiger partial charge in [-0.3, -0.25) is 14.9 Å². The number of nitro groups is 1. The Morgan fingerprint density at radius 3 is 2.25 bits per heavy atom. The number of non-ortho nitro benzene ring substituents is 1. The molecular weight excluding hydrogens is 432 g/mol. The van der Waals surface area contributed by atoms with Crippen LogP contribution < -0.4 is 0 Å². The van der Waals surface area contributed by atoms with Gasteiger partial charge in [0, 0.05) is 25.2 Å². The van der Waals surface area contributed by atoms with E-state index in [0.717, 1.165) is 18.4 Å². The molecule has 0 N–H and O–H groups in total. The van der Waals surface area contributed by atoms with Crippen LogP contribution in [0.5, 0.6) is 0 Å². The van der Waals surface area contributed by atoms with E-state index in [0.29, 0.717) is 26.0 Å². The topological polar surface area (TPSA) is 107 Å². The summed E-state index contributed by atoms with van der Waals surface area (Å²) in [6, 6.07) is 14.3. The predicted octanol–water partition coefficient (Wildman–Crippen LogP) is 4.16. The van der Waals surface area contributed by atoms with Gasteiger partial charge in [-0.15, -0.1) is 0 Å². The van der Waals surface area contributed by atoms with Gasteiger partial charge in [0.15, 0.2) is 0 Å². The van der Waals surface area contributed by atoms with Crippen LogP contribution >= 0.6 is 0 Å². The number of nitrogens with zero attached hydrogens (tertiary/aromatic N) is 2. The summed E-state index contributed by atoms with van der Waals surface area (Å²) in [7, 11) is -3.86. The zero-order chi connectivity index (χ0) is 23.1. The fourth-order valence-corrected chi connectivity index (χ4v) is 5.56. The molecule has 9 heteroatoms. The normalized spacial score (nSPS) is 18.9. The van der Waals surface area contributed by atoms with Crippen LogP contribution in [0.15, 0.2) is 59.5 Å². The molecule has 8 nitrogen and oxygen atoms in total. The first-order valence-electron chi connectivity index (χ1n) is 10.8. The van der Waals surface area contributed by atoms with E-state index in [-0.39, 0.29) is 34.9 Å². The number of nitro benzene ring substituents is 1. The van der Waals surface area contributed by atoms with Gasteiger partial charge in [-0.1, -0.05) is 30.3 Å². The highest BCUT2D eigenvalue weighted by molar-refractivity contribution is 7.89. The summed E-state index contributed by atoms with van der Waals surface area (Å²) in [5, 5.41) is 10.9. The SMILES string of the molecule is CCOC(=O)C1CCC(CN(Cc2ccccc2)S(=O)(=O)c2ccc([N+](=O)[O-])cc2)CC1. The predicted molar refractivity (Wildman–Crippen MR) is 119 cm³/mol. The average molecular weight is 461 g/mol. The van der Waals surface area contributed by atoms with Crippen molar-refractivity contribution >= 4 is 21.7 Å². The standard InChI is InChI=1S/C23H28N2O6S/c1-2-31-23(26)20-10-8-19(9-11-20)17-24(16-18-6-4-3-5-7-18)32(29,30)22-14-12-21(13-15-22)25(27)28/h3-7,12-15,19-20H,2,8-11,16-17H2,1H3. The van der Waals surface area contributed by atoms with E-state index in [1.54, 1.807) is 6.92 Å². The number of hydrogen-bond acceptors (Lipinski definition) is 6. The largest absolute Gasteiger partial charge is 0.466 e. The summed E-state index contributed by atoms with van der Waals surface area (Å²) in [6.45, 7) is 2.67. The fourth-order valence-electron chi connectivity index (χ4n) is 4.05. The Balaban J connectivity index is 1.78. The average Bonchev–Trinajstić information content (AvgIpc) is 2.80. The Bertz CT molecular complexity index is 1020. The molecule has 32 heavy (non-hydrogen) atoms. The minimum absolute atomic E-state index is 0.0271. The van der Waals surface area contributed by atoms with E-state index in [9.17, 15) is 23.3 Å². The summed E-state index contributed by atoms with van der Waals surface area (Å²) in [4.78, 5) is 22.4. The maximum Gasteiger partial charge on any atom is 0.308 e. The van der Waals surface area contributed by atoms with Crippen LogP contribution in [0.3, 0.4) is 0 Å². The number of ether oxygens (including phenoxy) is 1.